The van der Waals surface area contributed by atoms with Crippen molar-refractivity contribution in [3.63, 3.8) is 0 Å². The summed E-state index contributed by atoms with van der Waals surface area (Å²) >= 11 is 0. The fourth-order valence-corrected chi connectivity index (χ4v) is 4.34. The summed E-state index contributed by atoms with van der Waals surface area (Å²) < 4.78 is 5.66. The normalized spacial score (nSPS) is 18.1. The zero-order chi connectivity index (χ0) is 16.2. The molecule has 2 aromatic rings. The monoisotopic (exact) mass is 290 g/mol. The van der Waals surface area contributed by atoms with E-state index in [2.05, 4.69) is 56.2 Å². The van der Waals surface area contributed by atoms with E-state index in [4.69, 9.17) is 4.74 Å². The summed E-state index contributed by atoms with van der Waals surface area (Å²) in [7, 11) is 15.3. The molecule has 3 rings (SSSR count). The minimum atomic E-state index is 0.150. The van der Waals surface area contributed by atoms with E-state index >= 15 is 0 Å². The first-order valence-corrected chi connectivity index (χ1v) is 8.15. The highest BCUT2D eigenvalue weighted by molar-refractivity contribution is 6.58. The van der Waals surface area contributed by atoms with Crippen LogP contribution in [0.25, 0.3) is 10.9 Å². The number of rotatable bonds is 1. The Morgan fingerprint density at radius 2 is 1.82 bits per heavy atom. The third kappa shape index (κ3) is 2.15. The molecule has 1 aliphatic rings. The van der Waals surface area contributed by atoms with Crippen LogP contribution in [0, 0.1) is 0 Å². The number of methoxy groups -OCH3 is 1. The third-order valence-corrected chi connectivity index (χ3v) is 5.36. The first-order chi connectivity index (χ1) is 10.3. The summed E-state index contributed by atoms with van der Waals surface area (Å²) in [4.78, 5) is 6.18. The standard InChI is InChI=1S/C14H23B5N2O/c1-21-4-3-6-8(14(18,19)5-21)7-9(15)10(16)13(22-2)11(17)12(7)20-6/h20H,3-5,15-19H2,1-2H3. The van der Waals surface area contributed by atoms with E-state index in [9.17, 15) is 0 Å². The zero-order valence-corrected chi connectivity index (χ0v) is 15.0. The van der Waals surface area contributed by atoms with Crippen LogP contribution in [-0.2, 0) is 11.6 Å². The van der Waals surface area contributed by atoms with Crippen molar-refractivity contribution in [3.05, 3.63) is 11.3 Å². The number of nitrogens with zero attached hydrogens (tertiary/aromatic N) is 1. The summed E-state index contributed by atoms with van der Waals surface area (Å²) in [5.41, 5.74) is 8.04. The Morgan fingerprint density at radius 1 is 1.14 bits per heavy atom. The van der Waals surface area contributed by atoms with E-state index in [1.165, 1.54) is 38.5 Å². The number of fused-ring (bicyclic) bond motifs is 3. The van der Waals surface area contributed by atoms with Gasteiger partial charge in [0.05, 0.1) is 7.11 Å². The van der Waals surface area contributed by atoms with Gasteiger partial charge in [0, 0.05) is 24.2 Å². The van der Waals surface area contributed by atoms with Crippen LogP contribution in [0.4, 0.5) is 0 Å². The summed E-state index contributed by atoms with van der Waals surface area (Å²) in [6.07, 6.45) is 1.09. The summed E-state index contributed by atoms with van der Waals surface area (Å²) in [6.45, 7) is 2.20. The van der Waals surface area contributed by atoms with Gasteiger partial charge in [-0.1, -0.05) is 10.9 Å². The van der Waals surface area contributed by atoms with Crippen molar-refractivity contribution in [2.45, 2.75) is 11.6 Å². The second-order valence-electron chi connectivity index (χ2n) is 7.51. The summed E-state index contributed by atoms with van der Waals surface area (Å²) in [5.74, 6) is 1.02. The molecule has 1 aliphatic heterocycles. The number of hydrogen-bond donors (Lipinski definition) is 1. The van der Waals surface area contributed by atoms with Gasteiger partial charge in [0.15, 0.2) is 0 Å². The Kier molecular flexibility index (Phi) is 3.71. The average molecular weight is 289 g/mol. The van der Waals surface area contributed by atoms with Gasteiger partial charge < -0.3 is 14.6 Å². The van der Waals surface area contributed by atoms with Crippen molar-refractivity contribution in [1.29, 1.82) is 0 Å². The van der Waals surface area contributed by atoms with Gasteiger partial charge in [0.1, 0.15) is 45.0 Å². The van der Waals surface area contributed by atoms with Crippen molar-refractivity contribution in [2.75, 3.05) is 27.2 Å². The van der Waals surface area contributed by atoms with E-state index in [1.807, 2.05) is 0 Å². The van der Waals surface area contributed by atoms with Gasteiger partial charge >= 0.3 is 0 Å². The predicted molar refractivity (Wildman–Crippen MR) is 109 cm³/mol. The highest BCUT2D eigenvalue weighted by atomic mass is 16.5. The Hall–Kier alpha value is -1.16. The van der Waals surface area contributed by atoms with Crippen LogP contribution in [0.5, 0.6) is 5.75 Å². The molecule has 8 heteroatoms. The minimum Gasteiger partial charge on any atom is -0.498 e. The quantitative estimate of drug-likeness (QED) is 0.532. The van der Waals surface area contributed by atoms with Crippen LogP contribution in [-0.4, -0.2) is 76.4 Å². The third-order valence-electron chi connectivity index (χ3n) is 5.36. The highest BCUT2D eigenvalue weighted by Gasteiger charge is 2.33. The minimum absolute atomic E-state index is 0.150. The molecular weight excluding hydrogens is 266 g/mol. The molecule has 0 atom stereocenters. The fraction of sp³-hybridized carbons (Fsp3) is 0.429. The second kappa shape index (κ2) is 5.19. The number of ether oxygens (including phenoxy) is 1. The van der Waals surface area contributed by atoms with Crippen molar-refractivity contribution in [1.82, 2.24) is 9.88 Å². The van der Waals surface area contributed by atoms with Crippen molar-refractivity contribution >= 4 is 66.5 Å². The van der Waals surface area contributed by atoms with Gasteiger partial charge in [-0.3, -0.25) is 0 Å². The van der Waals surface area contributed by atoms with Crippen LogP contribution < -0.4 is 21.1 Å². The molecule has 1 aromatic carbocycles. The molecule has 0 amide bonds. The van der Waals surface area contributed by atoms with Crippen LogP contribution in [0.2, 0.25) is 0 Å². The number of aromatic amines is 1. The lowest BCUT2D eigenvalue weighted by atomic mass is 9.50. The van der Waals surface area contributed by atoms with Crippen molar-refractivity contribution < 1.29 is 4.74 Å². The SMILES string of the molecule is Bc1c(OC)c(B)c2[nH]c3c(c2c1B)C(B)(B)CN(C)CC3. The maximum atomic E-state index is 5.66. The lowest BCUT2D eigenvalue weighted by molar-refractivity contribution is 0.337. The van der Waals surface area contributed by atoms with E-state index in [0.29, 0.717) is 0 Å². The van der Waals surface area contributed by atoms with Gasteiger partial charge in [-0.15, -0.1) is 0 Å². The number of hydrogen-bond acceptors (Lipinski definition) is 2. The van der Waals surface area contributed by atoms with E-state index < -0.39 is 0 Å². The number of benzene rings is 1. The van der Waals surface area contributed by atoms with E-state index in [-0.39, 0.29) is 5.21 Å². The zero-order valence-electron chi connectivity index (χ0n) is 15.0. The lowest BCUT2D eigenvalue weighted by Gasteiger charge is -2.29. The second-order valence-corrected chi connectivity index (χ2v) is 7.51. The number of likely N-dealkylation sites (N-methyl/N-ethyl adjacent to an activating group) is 1. The molecule has 3 nitrogen and oxygen atoms in total. The molecule has 0 aliphatic carbocycles. The Balaban J connectivity index is 2.41. The van der Waals surface area contributed by atoms with E-state index in [0.717, 1.165) is 25.3 Å². The molecule has 0 fully saturated rings. The van der Waals surface area contributed by atoms with Gasteiger partial charge in [-0.05, 0) is 35.2 Å². The fourth-order valence-electron chi connectivity index (χ4n) is 4.34. The van der Waals surface area contributed by atoms with Gasteiger partial charge in [0.25, 0.3) is 0 Å². The number of H-pyrrole nitrogens is 1. The molecule has 1 N–H and O–H groups in total. The molecule has 0 saturated carbocycles. The molecule has 0 bridgehead atoms. The van der Waals surface area contributed by atoms with Crippen LogP contribution in [0.1, 0.15) is 11.3 Å². The number of nitrogens with one attached hydrogen (secondary N) is 1. The van der Waals surface area contributed by atoms with Gasteiger partial charge in [-0.2, -0.15) is 0 Å². The van der Waals surface area contributed by atoms with Crippen LogP contribution in [0.3, 0.4) is 0 Å². The Labute approximate surface area is 137 Å². The van der Waals surface area contributed by atoms with Crippen LogP contribution in [0.15, 0.2) is 0 Å². The maximum absolute atomic E-state index is 5.66. The highest BCUT2D eigenvalue weighted by Crippen LogP contribution is 2.32. The summed E-state index contributed by atoms with van der Waals surface area (Å²) in [5, 5.41) is 1.57. The molecule has 0 saturated heterocycles. The molecule has 0 spiro atoms. The number of aromatic nitrogens is 1. The Morgan fingerprint density at radius 3 is 2.45 bits per heavy atom. The lowest BCUT2D eigenvalue weighted by Crippen LogP contribution is -2.41. The first-order valence-electron chi connectivity index (χ1n) is 8.15. The Bertz CT molecular complexity index is 756. The van der Waals surface area contributed by atoms with Crippen molar-refractivity contribution in [2.24, 2.45) is 0 Å². The van der Waals surface area contributed by atoms with Gasteiger partial charge in [0.2, 0.25) is 0 Å². The van der Waals surface area contributed by atoms with Gasteiger partial charge in [-0.25, -0.2) is 0 Å². The molecule has 110 valence electrons. The molecule has 1 aromatic heterocycles. The van der Waals surface area contributed by atoms with Crippen molar-refractivity contribution in [3.8, 4) is 5.75 Å². The average Bonchev–Trinajstić information content (AvgIpc) is 2.79. The molecular formula is C14H23B5N2O. The molecule has 0 radical (unpaired) electrons. The van der Waals surface area contributed by atoms with E-state index in [1.54, 1.807) is 7.11 Å². The molecule has 2 heterocycles. The largest absolute Gasteiger partial charge is 0.498 e. The molecule has 22 heavy (non-hydrogen) atoms. The van der Waals surface area contributed by atoms with Crippen LogP contribution >= 0.6 is 0 Å². The maximum Gasteiger partial charge on any atom is 0.146 e. The predicted octanol–water partition coefficient (Wildman–Crippen LogP) is -5.14. The molecule has 0 unspecified atom stereocenters. The topological polar surface area (TPSA) is 28.3 Å². The first kappa shape index (κ1) is 15.7. The summed E-state index contributed by atoms with van der Waals surface area (Å²) in [6, 6.07) is 0. The smallest absolute Gasteiger partial charge is 0.146 e.